The van der Waals surface area contributed by atoms with Crippen LogP contribution in [-0.4, -0.2) is 9.13 Å². The van der Waals surface area contributed by atoms with Gasteiger partial charge in [0.2, 0.25) is 0 Å². The van der Waals surface area contributed by atoms with Crippen molar-refractivity contribution in [3.63, 3.8) is 0 Å². The van der Waals surface area contributed by atoms with Gasteiger partial charge in [0.1, 0.15) is 23.3 Å². The number of para-hydroxylation sites is 3. The summed E-state index contributed by atoms with van der Waals surface area (Å²) in [7, 11) is 0. The lowest BCUT2D eigenvalue weighted by atomic mass is 10.00. The van der Waals surface area contributed by atoms with E-state index in [-0.39, 0.29) is 0 Å². The largest absolute Gasteiger partial charge is 0.455 e. The molecule has 226 valence electrons. The van der Waals surface area contributed by atoms with Gasteiger partial charge in [-0.15, -0.1) is 0 Å². The minimum absolute atomic E-state index is 0.347. The fourth-order valence-electron chi connectivity index (χ4n) is 7.61. The van der Waals surface area contributed by atoms with Gasteiger partial charge in [-0.3, -0.25) is 0 Å². The molecule has 0 bridgehead atoms. The molecular weight excluding hydrogens is 601 g/mol. The summed E-state index contributed by atoms with van der Waals surface area (Å²) in [4.78, 5) is 0. The SMILES string of the molecule is N#Cc1ccc(-n2c3ccc(-c4ccc5c(c4)c4ccccc4n5-c4ccccc4)cc3c3c4oc5ccccc5c4ccc32)cc1C#N. The van der Waals surface area contributed by atoms with Gasteiger partial charge in [-0.2, -0.15) is 10.5 Å². The number of rotatable bonds is 3. The highest BCUT2D eigenvalue weighted by Gasteiger charge is 2.20. The van der Waals surface area contributed by atoms with Crippen LogP contribution >= 0.6 is 0 Å². The Morgan fingerprint density at radius 1 is 0.429 bits per heavy atom. The van der Waals surface area contributed by atoms with E-state index in [1.54, 1.807) is 12.1 Å². The van der Waals surface area contributed by atoms with Crippen molar-refractivity contribution in [2.45, 2.75) is 0 Å². The Hall–Kier alpha value is -7.08. The molecule has 10 rings (SSSR count). The average molecular weight is 625 g/mol. The van der Waals surface area contributed by atoms with Crippen molar-refractivity contribution in [2.75, 3.05) is 0 Å². The number of aromatic nitrogens is 2. The Morgan fingerprint density at radius 3 is 1.86 bits per heavy atom. The topological polar surface area (TPSA) is 70.6 Å². The van der Waals surface area contributed by atoms with Gasteiger partial charge >= 0.3 is 0 Å². The maximum atomic E-state index is 9.86. The third-order valence-electron chi connectivity index (χ3n) is 9.80. The molecule has 7 aromatic carbocycles. The second-order valence-corrected chi connectivity index (χ2v) is 12.4. The monoisotopic (exact) mass is 624 g/mol. The quantitative estimate of drug-likeness (QED) is 0.196. The molecule has 10 aromatic rings. The molecule has 0 aliphatic heterocycles. The minimum Gasteiger partial charge on any atom is -0.455 e. The molecule has 5 nitrogen and oxygen atoms in total. The standard InChI is InChI=1S/C44H24N4O/c45-25-29-14-17-32(22-30(29)26-46)48-40-20-16-28(24-37(40)43-41(48)21-18-35-34-11-5-7-13-42(34)49-44(35)43)27-15-19-39-36(23-27)33-10-4-6-12-38(33)47(39)31-8-2-1-3-9-31/h1-24H. The van der Waals surface area contributed by atoms with Crippen molar-refractivity contribution in [2.24, 2.45) is 0 Å². The van der Waals surface area contributed by atoms with Crippen molar-refractivity contribution >= 4 is 65.6 Å². The van der Waals surface area contributed by atoms with E-state index in [0.29, 0.717) is 11.1 Å². The van der Waals surface area contributed by atoms with Crippen molar-refractivity contribution < 1.29 is 4.42 Å². The van der Waals surface area contributed by atoms with Crippen LogP contribution in [0.4, 0.5) is 0 Å². The van der Waals surface area contributed by atoms with Crippen LogP contribution in [0, 0.1) is 22.7 Å². The van der Waals surface area contributed by atoms with Gasteiger partial charge in [-0.05, 0) is 90.0 Å². The van der Waals surface area contributed by atoms with Gasteiger partial charge in [-0.1, -0.05) is 66.7 Å². The van der Waals surface area contributed by atoms with Crippen LogP contribution in [0.2, 0.25) is 0 Å². The van der Waals surface area contributed by atoms with Gasteiger partial charge < -0.3 is 13.6 Å². The summed E-state index contributed by atoms with van der Waals surface area (Å²) < 4.78 is 11.1. The van der Waals surface area contributed by atoms with Gasteiger partial charge in [-0.25, -0.2) is 0 Å². The van der Waals surface area contributed by atoms with Crippen molar-refractivity contribution in [3.8, 4) is 34.6 Å². The third-order valence-corrected chi connectivity index (χ3v) is 9.80. The first-order chi connectivity index (χ1) is 24.2. The van der Waals surface area contributed by atoms with Crippen molar-refractivity contribution in [3.05, 3.63) is 157 Å². The Balaban J connectivity index is 1.26. The normalized spacial score (nSPS) is 11.6. The maximum Gasteiger partial charge on any atom is 0.145 e. The van der Waals surface area contributed by atoms with Crippen LogP contribution in [0.3, 0.4) is 0 Å². The molecule has 3 heterocycles. The fraction of sp³-hybridized carbons (Fsp3) is 0. The Bertz CT molecular complexity index is 3070. The number of hydrogen-bond acceptors (Lipinski definition) is 3. The fourth-order valence-corrected chi connectivity index (χ4v) is 7.61. The summed E-state index contributed by atoms with van der Waals surface area (Å²) in [6.45, 7) is 0. The first-order valence-electron chi connectivity index (χ1n) is 16.1. The summed E-state index contributed by atoms with van der Waals surface area (Å²) in [5.41, 5.74) is 10.8. The summed E-state index contributed by atoms with van der Waals surface area (Å²) >= 11 is 0. The zero-order chi connectivity index (χ0) is 32.6. The van der Waals surface area contributed by atoms with E-state index >= 15 is 0 Å². The molecule has 0 unspecified atom stereocenters. The van der Waals surface area contributed by atoms with Gasteiger partial charge in [0, 0.05) is 38.3 Å². The minimum atomic E-state index is 0.347. The lowest BCUT2D eigenvalue weighted by molar-refractivity contribution is 0.673. The molecule has 49 heavy (non-hydrogen) atoms. The number of nitriles is 2. The summed E-state index contributed by atoms with van der Waals surface area (Å²) in [6, 6.07) is 54.5. The van der Waals surface area contributed by atoms with E-state index in [9.17, 15) is 10.5 Å². The molecule has 5 heteroatoms. The van der Waals surface area contributed by atoms with Crippen LogP contribution in [0.1, 0.15) is 11.1 Å². The molecule has 0 saturated carbocycles. The molecular formula is C44H24N4O. The first-order valence-corrected chi connectivity index (χ1v) is 16.1. The molecule has 0 radical (unpaired) electrons. The summed E-state index contributed by atoms with van der Waals surface area (Å²) in [5.74, 6) is 0. The van der Waals surface area contributed by atoms with E-state index in [4.69, 9.17) is 4.42 Å². The smallest absolute Gasteiger partial charge is 0.145 e. The van der Waals surface area contributed by atoms with Gasteiger partial charge in [0.15, 0.2) is 0 Å². The molecule has 0 N–H and O–H groups in total. The van der Waals surface area contributed by atoms with Crippen LogP contribution < -0.4 is 0 Å². The third kappa shape index (κ3) is 3.85. The lowest BCUT2D eigenvalue weighted by Crippen LogP contribution is -1.96. The predicted molar refractivity (Wildman–Crippen MR) is 197 cm³/mol. The first kappa shape index (κ1) is 27.1. The van der Waals surface area contributed by atoms with Gasteiger partial charge in [0.05, 0.1) is 38.6 Å². The van der Waals surface area contributed by atoms with E-state index in [2.05, 4.69) is 124 Å². The van der Waals surface area contributed by atoms with Crippen LogP contribution in [0.25, 0.3) is 88.1 Å². The van der Waals surface area contributed by atoms with Crippen LogP contribution in [0.15, 0.2) is 150 Å². The van der Waals surface area contributed by atoms with E-state index in [0.717, 1.165) is 71.8 Å². The molecule has 0 aliphatic carbocycles. The number of furan rings is 1. The Kier molecular flexibility index (Phi) is 5.64. The van der Waals surface area contributed by atoms with Crippen molar-refractivity contribution in [1.82, 2.24) is 9.13 Å². The highest BCUT2D eigenvalue weighted by molar-refractivity contribution is 6.24. The van der Waals surface area contributed by atoms with Crippen molar-refractivity contribution in [1.29, 1.82) is 10.5 Å². The van der Waals surface area contributed by atoms with E-state index in [1.807, 2.05) is 30.3 Å². The second kappa shape index (κ2) is 10.2. The number of nitrogens with zero attached hydrogens (tertiary/aromatic N) is 4. The van der Waals surface area contributed by atoms with Crippen LogP contribution in [-0.2, 0) is 0 Å². The van der Waals surface area contributed by atoms with E-state index in [1.165, 1.54) is 16.3 Å². The predicted octanol–water partition coefficient (Wildman–Crippen LogP) is 11.2. The summed E-state index contributed by atoms with van der Waals surface area (Å²) in [6.07, 6.45) is 0. The highest BCUT2D eigenvalue weighted by atomic mass is 16.3. The second-order valence-electron chi connectivity index (χ2n) is 12.4. The molecule has 3 aromatic heterocycles. The zero-order valence-electron chi connectivity index (χ0n) is 26.1. The maximum absolute atomic E-state index is 9.86. The average Bonchev–Trinajstić information content (AvgIpc) is 3.82. The van der Waals surface area contributed by atoms with E-state index < -0.39 is 0 Å². The van der Waals surface area contributed by atoms with Crippen LogP contribution in [0.5, 0.6) is 0 Å². The zero-order valence-corrected chi connectivity index (χ0v) is 26.1. The summed E-state index contributed by atoms with van der Waals surface area (Å²) in [5, 5.41) is 26.1. The molecule has 0 spiro atoms. The molecule has 0 fully saturated rings. The number of benzene rings is 7. The molecule has 0 amide bonds. The molecule has 0 aliphatic rings. The van der Waals surface area contributed by atoms with Gasteiger partial charge in [0.25, 0.3) is 0 Å². The highest BCUT2D eigenvalue weighted by Crippen LogP contribution is 2.42. The Morgan fingerprint density at radius 2 is 1.06 bits per heavy atom. The lowest BCUT2D eigenvalue weighted by Gasteiger charge is -2.10. The molecule has 0 saturated heterocycles. The number of hydrogen-bond donors (Lipinski definition) is 0. The Labute approximate surface area is 280 Å². The molecule has 0 atom stereocenters. The number of fused-ring (bicyclic) bond motifs is 10.